The number of aromatic nitrogens is 6. The molecule has 2 aliphatic rings. The molecule has 0 saturated carbocycles. The van der Waals surface area contributed by atoms with Crippen LogP contribution in [0.15, 0.2) is 52.8 Å². The van der Waals surface area contributed by atoms with Crippen molar-refractivity contribution in [3.8, 4) is 5.75 Å². The molecule has 61 heavy (non-hydrogen) atoms. The Bertz CT molecular complexity index is 2340. The molecule has 0 spiro atoms. The van der Waals surface area contributed by atoms with Crippen LogP contribution >= 0.6 is 37.2 Å². The van der Waals surface area contributed by atoms with Gasteiger partial charge in [0.25, 0.3) is 0 Å². The number of hydrogen-bond donors (Lipinski definition) is 8. The number of aliphatic hydroxyl groups is 2. The van der Waals surface area contributed by atoms with Crippen LogP contribution in [0, 0.1) is 6.92 Å². The molecule has 29 heteroatoms. The third kappa shape index (κ3) is 11.7. The fraction of sp³-hybridized carbons (Fsp3) is 0.500. The number of phosphoric acid groups is 2. The summed E-state index contributed by atoms with van der Waals surface area (Å²) in [5, 5.41) is 22.7. The van der Waals surface area contributed by atoms with Gasteiger partial charge in [0.2, 0.25) is 0 Å². The number of phosphoric ester groups is 2. The summed E-state index contributed by atoms with van der Waals surface area (Å²) in [6, 6.07) is 5.23. The highest BCUT2D eigenvalue weighted by Crippen LogP contribution is 2.50. The van der Waals surface area contributed by atoms with Crippen molar-refractivity contribution in [2.75, 3.05) is 30.4 Å². The summed E-state index contributed by atoms with van der Waals surface area (Å²) in [5.74, 6) is 0.233. The van der Waals surface area contributed by atoms with Gasteiger partial charge in [-0.3, -0.25) is 27.5 Å². The molecule has 0 radical (unpaired) electrons. The first-order valence-electron chi connectivity index (χ1n) is 18.2. The Morgan fingerprint density at radius 2 is 1.82 bits per heavy atom. The van der Waals surface area contributed by atoms with Gasteiger partial charge in [-0.2, -0.15) is 4.98 Å². The first kappa shape index (κ1) is 46.9. The summed E-state index contributed by atoms with van der Waals surface area (Å²) in [7, 11) is -7.30. The second kappa shape index (κ2) is 19.8. The van der Waals surface area contributed by atoms with Crippen LogP contribution in [0.2, 0.25) is 0 Å². The molecule has 3 aromatic heterocycles. The lowest BCUT2D eigenvalue weighted by atomic mass is 10.1. The number of hydrogen-bond acceptors (Lipinski definition) is 22. The molecule has 0 amide bonds. The number of rotatable bonds is 19. The zero-order valence-corrected chi connectivity index (χ0v) is 35.5. The van der Waals surface area contributed by atoms with Gasteiger partial charge in [0.05, 0.1) is 36.9 Å². The van der Waals surface area contributed by atoms with Crippen molar-refractivity contribution in [3.63, 3.8) is 0 Å². The molecule has 2 aliphatic heterocycles. The van der Waals surface area contributed by atoms with Gasteiger partial charge in [-0.15, -0.1) is 0 Å². The van der Waals surface area contributed by atoms with E-state index >= 15 is 0 Å². The maximum Gasteiger partial charge on any atom is 0.472 e. The van der Waals surface area contributed by atoms with Crippen LogP contribution in [0.3, 0.4) is 0 Å². The second-order valence-electron chi connectivity index (χ2n) is 13.5. The maximum absolute atomic E-state index is 13.5. The lowest BCUT2D eigenvalue weighted by Crippen LogP contribution is -2.46. The van der Waals surface area contributed by atoms with E-state index in [0.717, 1.165) is 16.6 Å². The number of nitrogens with two attached hydrogens (primary N) is 3. The highest BCUT2D eigenvalue weighted by atomic mass is 33.1. The predicted molar refractivity (Wildman–Crippen MR) is 214 cm³/mol. The van der Waals surface area contributed by atoms with Crippen LogP contribution in [0.25, 0.3) is 11.2 Å². The molecular formula is C32H43N9O16P2S2. The quantitative estimate of drug-likeness (QED) is 0.0209. The smallest absolute Gasteiger partial charge is 0.425 e. The number of carbonyl (C=O) groups excluding carboxylic acids is 1. The van der Waals surface area contributed by atoms with Crippen molar-refractivity contribution < 1.29 is 71.3 Å². The molecule has 0 bridgehead atoms. The van der Waals surface area contributed by atoms with E-state index in [2.05, 4.69) is 24.5 Å². The Labute approximate surface area is 353 Å². The standard InChI is InChI=1S/C32H43N9O16P2S2/c1-3-60-61-20-6-4-5-15(2)26(20)55-23(42)9-16(33)31(44)56-27-19(54-30(25(27)43)41-14-38-24-28(35)36-13-37-29(24)41)12-52-59(49,50)57-17-10-22(40-8-7-21(34)39-32(40)45)53-18(17)11-51-58(46,47)48/h4-8,13-14,16-19,22,25,27,30-31,43-44H,3,9-12,33H2,1-2H3,(H,49,50)(H2,34,39,45)(H2,35,36,37)(H2,46,47,48)/t16-,17-,18+,19+,22+,25+,27+,30+,31?/m0/s1. The largest absolute Gasteiger partial charge is 0.472 e. The van der Waals surface area contributed by atoms with Crippen LogP contribution in [0.1, 0.15) is 37.8 Å². The van der Waals surface area contributed by atoms with Gasteiger partial charge >= 0.3 is 27.3 Å². The molecule has 4 aromatic rings. The van der Waals surface area contributed by atoms with Crippen molar-refractivity contribution in [3.05, 3.63) is 59.2 Å². The number of para-hydroxylation sites is 1. The number of aliphatic hydroxyl groups excluding tert-OH is 2. The van der Waals surface area contributed by atoms with Crippen LogP contribution in [-0.2, 0) is 41.7 Å². The molecular weight excluding hydrogens is 892 g/mol. The number of esters is 1. The van der Waals surface area contributed by atoms with Crippen molar-refractivity contribution in [1.29, 1.82) is 0 Å². The number of benzene rings is 1. The molecule has 25 nitrogen and oxygen atoms in total. The number of nitrogen functional groups attached to an aromatic ring is 2. The average molecular weight is 936 g/mol. The number of ether oxygens (including phenoxy) is 4. The van der Waals surface area contributed by atoms with E-state index in [1.165, 1.54) is 34.0 Å². The Balaban J connectivity index is 1.18. The van der Waals surface area contributed by atoms with Crippen LogP contribution in [-0.4, -0.2) is 122 Å². The van der Waals surface area contributed by atoms with Crippen molar-refractivity contribution in [1.82, 2.24) is 29.1 Å². The van der Waals surface area contributed by atoms with Crippen molar-refractivity contribution in [2.45, 2.75) is 86.9 Å². The fourth-order valence-corrected chi connectivity index (χ4v) is 9.37. The van der Waals surface area contributed by atoms with Gasteiger partial charge in [0.1, 0.15) is 60.2 Å². The summed E-state index contributed by atoms with van der Waals surface area (Å²) < 4.78 is 65.6. The number of imidazole rings is 1. The number of carbonyl (C=O) groups is 1. The maximum atomic E-state index is 13.5. The van der Waals surface area contributed by atoms with Gasteiger partial charge in [-0.25, -0.2) is 28.9 Å². The summed E-state index contributed by atoms with van der Waals surface area (Å²) in [6.07, 6.45) is -9.53. The van der Waals surface area contributed by atoms with E-state index < -0.39 is 102 Å². The topological polar surface area (TPSA) is 374 Å². The molecule has 334 valence electrons. The minimum Gasteiger partial charge on any atom is -0.425 e. The molecule has 2 saturated heterocycles. The molecule has 11 N–H and O–H groups in total. The number of fused-ring (bicyclic) bond motifs is 1. The third-order valence-electron chi connectivity index (χ3n) is 9.11. The van der Waals surface area contributed by atoms with Crippen LogP contribution in [0.5, 0.6) is 5.75 Å². The zero-order chi connectivity index (χ0) is 44.2. The monoisotopic (exact) mass is 935 g/mol. The second-order valence-corrected chi connectivity index (χ2v) is 18.7. The molecule has 10 atom stereocenters. The number of nitrogens with zero attached hydrogens (tertiary/aromatic N) is 6. The van der Waals surface area contributed by atoms with E-state index in [-0.39, 0.29) is 29.2 Å². The summed E-state index contributed by atoms with van der Waals surface area (Å²) >= 11 is 0. The van der Waals surface area contributed by atoms with Gasteiger partial charge < -0.3 is 61.0 Å². The summed E-state index contributed by atoms with van der Waals surface area (Å²) in [6.45, 7) is 2.02. The predicted octanol–water partition coefficient (Wildman–Crippen LogP) is 0.500. The molecule has 2 fully saturated rings. The summed E-state index contributed by atoms with van der Waals surface area (Å²) in [4.78, 5) is 71.6. The Kier molecular flexibility index (Phi) is 15.3. The normalized spacial score (nSPS) is 25.1. The van der Waals surface area contributed by atoms with Crippen LogP contribution < -0.4 is 27.6 Å². The van der Waals surface area contributed by atoms with E-state index in [9.17, 15) is 43.6 Å². The van der Waals surface area contributed by atoms with E-state index in [1.807, 2.05) is 13.0 Å². The van der Waals surface area contributed by atoms with Gasteiger partial charge in [0, 0.05) is 18.4 Å². The Morgan fingerprint density at radius 1 is 1.07 bits per heavy atom. The van der Waals surface area contributed by atoms with Crippen molar-refractivity contribution >= 4 is 66.0 Å². The Hall–Kier alpha value is -3.60. The highest BCUT2D eigenvalue weighted by molar-refractivity contribution is 8.76. The lowest BCUT2D eigenvalue weighted by molar-refractivity contribution is -0.182. The average Bonchev–Trinajstić information content (AvgIpc) is 3.88. The first-order valence-corrected chi connectivity index (χ1v) is 23.5. The molecule has 6 rings (SSSR count). The number of anilines is 2. The molecule has 0 aliphatic carbocycles. The Morgan fingerprint density at radius 3 is 2.54 bits per heavy atom. The van der Waals surface area contributed by atoms with Crippen molar-refractivity contribution in [2.24, 2.45) is 5.73 Å². The molecule has 5 heterocycles. The number of aryl methyl sites for hydroxylation is 1. The minimum absolute atomic E-state index is 0.0104. The SMILES string of the molecule is CCSSc1cccc(C)c1OC(=O)C[C@H](N)C(O)O[C@H]1[C@@H](O)[C@H](n2cnc3c(N)ncnc32)O[C@@H]1COP(=O)(O)O[C@H]1C[C@H](n2ccc(N)nc2=O)O[C@@H]1COP(=O)(O)O. The van der Waals surface area contributed by atoms with Crippen LogP contribution in [0.4, 0.5) is 11.6 Å². The van der Waals surface area contributed by atoms with Gasteiger partial charge in [-0.05, 0) is 24.6 Å². The molecule has 1 aromatic carbocycles. The van der Waals surface area contributed by atoms with E-state index in [4.69, 9.17) is 45.2 Å². The van der Waals surface area contributed by atoms with E-state index in [1.54, 1.807) is 29.9 Å². The third-order valence-corrected chi connectivity index (χ3v) is 13.1. The first-order chi connectivity index (χ1) is 28.8. The lowest BCUT2D eigenvalue weighted by Gasteiger charge is -2.27. The molecule has 2 unspecified atom stereocenters. The van der Waals surface area contributed by atoms with E-state index in [0.29, 0.717) is 16.2 Å². The zero-order valence-electron chi connectivity index (χ0n) is 32.1. The summed E-state index contributed by atoms with van der Waals surface area (Å²) in [5.41, 5.74) is 17.8. The van der Waals surface area contributed by atoms with Gasteiger partial charge in [-0.1, -0.05) is 40.6 Å². The fourth-order valence-electron chi connectivity index (χ4n) is 6.28. The highest BCUT2D eigenvalue weighted by Gasteiger charge is 2.49. The minimum atomic E-state index is -5.20. The van der Waals surface area contributed by atoms with Gasteiger partial charge in [0.15, 0.2) is 24.0 Å².